The first-order valence-corrected chi connectivity index (χ1v) is 7.49. The van der Waals surface area contributed by atoms with Crippen LogP contribution in [-0.2, 0) is 0 Å². The van der Waals surface area contributed by atoms with Crippen molar-refractivity contribution in [3.05, 3.63) is 35.6 Å². The van der Waals surface area contributed by atoms with Gasteiger partial charge >= 0.3 is 0 Å². The van der Waals surface area contributed by atoms with Crippen molar-refractivity contribution in [1.82, 2.24) is 10.2 Å². The number of rotatable bonds is 6. The highest BCUT2D eigenvalue weighted by molar-refractivity contribution is 5.21. The SMILES string of the molecule is CNC(CCN1CCC(CO)CC1)c1ccccc1F. The van der Waals surface area contributed by atoms with Crippen molar-refractivity contribution in [3.63, 3.8) is 0 Å². The van der Waals surface area contributed by atoms with Gasteiger partial charge in [-0.2, -0.15) is 0 Å². The van der Waals surface area contributed by atoms with E-state index in [4.69, 9.17) is 5.11 Å². The molecule has 1 unspecified atom stereocenters. The van der Waals surface area contributed by atoms with Crippen LogP contribution in [0, 0.1) is 11.7 Å². The smallest absolute Gasteiger partial charge is 0.127 e. The maximum absolute atomic E-state index is 13.8. The summed E-state index contributed by atoms with van der Waals surface area (Å²) in [4.78, 5) is 2.41. The number of halogens is 1. The molecule has 20 heavy (non-hydrogen) atoms. The summed E-state index contributed by atoms with van der Waals surface area (Å²) >= 11 is 0. The van der Waals surface area contributed by atoms with Gasteiger partial charge in [0.1, 0.15) is 5.82 Å². The average molecular weight is 280 g/mol. The van der Waals surface area contributed by atoms with Gasteiger partial charge in [0.2, 0.25) is 0 Å². The van der Waals surface area contributed by atoms with E-state index in [0.717, 1.165) is 44.5 Å². The molecule has 4 heteroatoms. The molecule has 0 aliphatic carbocycles. The van der Waals surface area contributed by atoms with Crippen molar-refractivity contribution in [2.24, 2.45) is 5.92 Å². The van der Waals surface area contributed by atoms with E-state index in [1.165, 1.54) is 6.07 Å². The van der Waals surface area contributed by atoms with Gasteiger partial charge in [-0.05, 0) is 57.9 Å². The summed E-state index contributed by atoms with van der Waals surface area (Å²) < 4.78 is 13.8. The van der Waals surface area contributed by atoms with Crippen LogP contribution in [0.3, 0.4) is 0 Å². The highest BCUT2D eigenvalue weighted by Gasteiger charge is 2.20. The molecule has 1 saturated heterocycles. The fourth-order valence-electron chi connectivity index (χ4n) is 2.92. The summed E-state index contributed by atoms with van der Waals surface area (Å²) in [5.74, 6) is 0.337. The Balaban J connectivity index is 1.84. The van der Waals surface area contributed by atoms with Gasteiger partial charge in [0.05, 0.1) is 0 Å². The number of benzene rings is 1. The second-order valence-corrected chi connectivity index (χ2v) is 5.62. The number of hydrogen-bond donors (Lipinski definition) is 2. The number of nitrogens with zero attached hydrogens (tertiary/aromatic N) is 1. The zero-order valence-corrected chi connectivity index (χ0v) is 12.2. The number of aliphatic hydroxyl groups is 1. The summed E-state index contributed by atoms with van der Waals surface area (Å²) in [7, 11) is 1.88. The molecule has 112 valence electrons. The predicted molar refractivity (Wildman–Crippen MR) is 79.1 cm³/mol. The molecular weight excluding hydrogens is 255 g/mol. The molecule has 1 fully saturated rings. The first-order chi connectivity index (χ1) is 9.74. The van der Waals surface area contributed by atoms with Crippen LogP contribution in [0.2, 0.25) is 0 Å². The van der Waals surface area contributed by atoms with Crippen LogP contribution in [0.15, 0.2) is 24.3 Å². The van der Waals surface area contributed by atoms with E-state index in [0.29, 0.717) is 12.5 Å². The minimum Gasteiger partial charge on any atom is -0.396 e. The van der Waals surface area contributed by atoms with E-state index in [9.17, 15) is 4.39 Å². The Morgan fingerprint density at radius 2 is 2.05 bits per heavy atom. The molecule has 0 aromatic heterocycles. The van der Waals surface area contributed by atoms with E-state index in [-0.39, 0.29) is 11.9 Å². The minimum atomic E-state index is -0.133. The largest absolute Gasteiger partial charge is 0.396 e. The Kier molecular flexibility index (Phi) is 5.95. The normalized spacial score (nSPS) is 19.1. The summed E-state index contributed by atoms with van der Waals surface area (Å²) in [6.07, 6.45) is 3.04. The molecular formula is C16H25FN2O. The maximum Gasteiger partial charge on any atom is 0.127 e. The maximum atomic E-state index is 13.8. The molecule has 1 aliphatic rings. The Bertz CT molecular complexity index is 405. The Morgan fingerprint density at radius 3 is 2.65 bits per heavy atom. The van der Waals surface area contributed by atoms with Crippen LogP contribution in [0.25, 0.3) is 0 Å². The number of nitrogens with one attached hydrogen (secondary N) is 1. The van der Waals surface area contributed by atoms with Crippen LogP contribution in [0.1, 0.15) is 30.9 Å². The summed E-state index contributed by atoms with van der Waals surface area (Å²) in [6, 6.07) is 7.05. The third-order valence-electron chi connectivity index (χ3n) is 4.33. The van der Waals surface area contributed by atoms with Crippen molar-refractivity contribution < 1.29 is 9.50 Å². The van der Waals surface area contributed by atoms with Gasteiger partial charge in [0, 0.05) is 18.2 Å². The third kappa shape index (κ3) is 4.01. The van der Waals surface area contributed by atoms with Gasteiger partial charge in [-0.25, -0.2) is 4.39 Å². The monoisotopic (exact) mass is 280 g/mol. The molecule has 1 atom stereocenters. The van der Waals surface area contributed by atoms with Crippen molar-refractivity contribution in [1.29, 1.82) is 0 Å². The van der Waals surface area contributed by atoms with Gasteiger partial charge in [0.25, 0.3) is 0 Å². The van der Waals surface area contributed by atoms with E-state index in [1.54, 1.807) is 6.07 Å². The predicted octanol–water partition coefficient (Wildman–Crippen LogP) is 2.18. The molecule has 2 rings (SSSR count). The average Bonchev–Trinajstić information content (AvgIpc) is 2.50. The molecule has 0 spiro atoms. The summed E-state index contributed by atoms with van der Waals surface area (Å²) in [5.41, 5.74) is 0.750. The lowest BCUT2D eigenvalue weighted by Crippen LogP contribution is -2.36. The molecule has 1 aliphatic heterocycles. The lowest BCUT2D eigenvalue weighted by atomic mass is 9.97. The third-order valence-corrected chi connectivity index (χ3v) is 4.33. The highest BCUT2D eigenvalue weighted by atomic mass is 19.1. The van der Waals surface area contributed by atoms with E-state index >= 15 is 0 Å². The Morgan fingerprint density at radius 1 is 1.35 bits per heavy atom. The van der Waals surface area contributed by atoms with Crippen LogP contribution in [-0.4, -0.2) is 43.3 Å². The van der Waals surface area contributed by atoms with Crippen molar-refractivity contribution in [3.8, 4) is 0 Å². The minimum absolute atomic E-state index is 0.0618. The first-order valence-electron chi connectivity index (χ1n) is 7.49. The van der Waals surface area contributed by atoms with Gasteiger partial charge in [-0.3, -0.25) is 0 Å². The van der Waals surface area contributed by atoms with E-state index in [2.05, 4.69) is 10.2 Å². The van der Waals surface area contributed by atoms with E-state index < -0.39 is 0 Å². The van der Waals surface area contributed by atoms with Gasteiger partial charge in [-0.1, -0.05) is 18.2 Å². The number of piperidine rings is 1. The van der Waals surface area contributed by atoms with E-state index in [1.807, 2.05) is 19.2 Å². The summed E-state index contributed by atoms with van der Waals surface area (Å²) in [6.45, 7) is 3.36. The van der Waals surface area contributed by atoms with Gasteiger partial charge < -0.3 is 15.3 Å². The Hall–Kier alpha value is -0.970. The zero-order chi connectivity index (χ0) is 14.4. The molecule has 2 N–H and O–H groups in total. The molecule has 1 heterocycles. The van der Waals surface area contributed by atoms with Crippen LogP contribution in [0.4, 0.5) is 4.39 Å². The topological polar surface area (TPSA) is 35.5 Å². The Labute approximate surface area is 120 Å². The van der Waals surface area contributed by atoms with Crippen LogP contribution in [0.5, 0.6) is 0 Å². The van der Waals surface area contributed by atoms with Crippen LogP contribution >= 0.6 is 0 Å². The van der Waals surface area contributed by atoms with Crippen LogP contribution < -0.4 is 5.32 Å². The molecule has 1 aromatic carbocycles. The molecule has 0 saturated carbocycles. The molecule has 0 bridgehead atoms. The fraction of sp³-hybridized carbons (Fsp3) is 0.625. The van der Waals surface area contributed by atoms with Crippen molar-refractivity contribution >= 4 is 0 Å². The highest BCUT2D eigenvalue weighted by Crippen LogP contribution is 2.22. The lowest BCUT2D eigenvalue weighted by molar-refractivity contribution is 0.128. The van der Waals surface area contributed by atoms with Gasteiger partial charge in [-0.15, -0.1) is 0 Å². The quantitative estimate of drug-likeness (QED) is 0.838. The molecule has 3 nitrogen and oxygen atoms in total. The van der Waals surface area contributed by atoms with Crippen molar-refractivity contribution in [2.75, 3.05) is 33.3 Å². The standard InChI is InChI=1S/C16H25FN2O/c1-18-16(14-4-2-3-5-15(14)17)8-11-19-9-6-13(12-20)7-10-19/h2-5,13,16,18,20H,6-12H2,1H3. The first kappa shape index (κ1) is 15.4. The van der Waals surface area contributed by atoms with Crippen molar-refractivity contribution in [2.45, 2.75) is 25.3 Å². The molecule has 0 radical (unpaired) electrons. The lowest BCUT2D eigenvalue weighted by Gasteiger charge is -2.32. The second kappa shape index (κ2) is 7.72. The number of likely N-dealkylation sites (tertiary alicyclic amines) is 1. The fourth-order valence-corrected chi connectivity index (χ4v) is 2.92. The number of hydrogen-bond acceptors (Lipinski definition) is 3. The number of aliphatic hydroxyl groups excluding tert-OH is 1. The van der Waals surface area contributed by atoms with Gasteiger partial charge in [0.15, 0.2) is 0 Å². The summed E-state index contributed by atoms with van der Waals surface area (Å²) in [5, 5.41) is 12.4. The molecule has 1 aromatic rings. The molecule has 0 amide bonds. The second-order valence-electron chi connectivity index (χ2n) is 5.62. The zero-order valence-electron chi connectivity index (χ0n) is 12.2.